The van der Waals surface area contributed by atoms with Gasteiger partial charge in [0.15, 0.2) is 0 Å². The largest absolute Gasteiger partial charge is 0.497 e. The third-order valence-corrected chi connectivity index (χ3v) is 3.52. The summed E-state index contributed by atoms with van der Waals surface area (Å²) in [5, 5.41) is 11.7. The zero-order chi connectivity index (χ0) is 15.4. The van der Waals surface area contributed by atoms with Crippen LogP contribution < -0.4 is 10.1 Å². The van der Waals surface area contributed by atoms with Gasteiger partial charge in [-0.3, -0.25) is 4.79 Å². The number of aromatic carboxylic acids is 1. The van der Waals surface area contributed by atoms with Crippen LogP contribution in [0.5, 0.6) is 5.75 Å². The second-order valence-electron chi connectivity index (χ2n) is 4.15. The lowest BCUT2D eigenvalue weighted by Crippen LogP contribution is -2.15. The van der Waals surface area contributed by atoms with Gasteiger partial charge in [-0.2, -0.15) is 0 Å². The first-order valence-electron chi connectivity index (χ1n) is 6.00. The number of halogens is 1. The Morgan fingerprint density at radius 1 is 1.14 bits per heavy atom. The van der Waals surface area contributed by atoms with E-state index in [1.165, 1.54) is 19.2 Å². The zero-order valence-electron chi connectivity index (χ0n) is 11.1. The normalized spacial score (nSPS) is 10.0. The van der Waals surface area contributed by atoms with Crippen molar-refractivity contribution in [1.29, 1.82) is 0 Å². The molecule has 0 bridgehead atoms. The highest BCUT2D eigenvalue weighted by Gasteiger charge is 2.15. The first-order valence-corrected chi connectivity index (χ1v) is 6.79. The van der Waals surface area contributed by atoms with Crippen molar-refractivity contribution in [1.82, 2.24) is 0 Å². The summed E-state index contributed by atoms with van der Waals surface area (Å²) in [7, 11) is 1.50. The first-order chi connectivity index (χ1) is 10.0. The molecule has 0 aromatic heterocycles. The number of para-hydroxylation sites is 1. The van der Waals surface area contributed by atoms with Crippen molar-refractivity contribution >= 4 is 33.5 Å². The molecule has 2 aromatic rings. The SMILES string of the molecule is COc1ccc(Br)c(C(=O)Nc2ccccc2C(=O)O)c1. The quantitative estimate of drug-likeness (QED) is 0.886. The molecule has 108 valence electrons. The molecule has 0 radical (unpaired) electrons. The molecule has 0 saturated heterocycles. The van der Waals surface area contributed by atoms with Crippen LogP contribution in [0, 0.1) is 0 Å². The Labute approximate surface area is 129 Å². The minimum atomic E-state index is -1.10. The Bertz CT molecular complexity index is 700. The van der Waals surface area contributed by atoms with E-state index < -0.39 is 11.9 Å². The number of carbonyl (C=O) groups is 2. The smallest absolute Gasteiger partial charge is 0.337 e. The second-order valence-corrected chi connectivity index (χ2v) is 5.00. The fourth-order valence-corrected chi connectivity index (χ4v) is 2.20. The lowest BCUT2D eigenvalue weighted by atomic mass is 10.1. The Balaban J connectivity index is 2.33. The summed E-state index contributed by atoms with van der Waals surface area (Å²) in [6.45, 7) is 0. The molecule has 6 heteroatoms. The van der Waals surface area contributed by atoms with Crippen molar-refractivity contribution in [3.63, 3.8) is 0 Å². The topological polar surface area (TPSA) is 75.6 Å². The average molecular weight is 350 g/mol. The van der Waals surface area contributed by atoms with Crippen molar-refractivity contribution in [3.8, 4) is 5.75 Å². The van der Waals surface area contributed by atoms with Gasteiger partial charge in [0.25, 0.3) is 5.91 Å². The number of anilines is 1. The zero-order valence-corrected chi connectivity index (χ0v) is 12.7. The number of ether oxygens (including phenoxy) is 1. The maximum atomic E-state index is 12.3. The molecule has 0 aliphatic carbocycles. The molecule has 21 heavy (non-hydrogen) atoms. The molecule has 0 heterocycles. The molecule has 2 rings (SSSR count). The number of carboxylic acids is 1. The van der Waals surface area contributed by atoms with Crippen LogP contribution in [0.1, 0.15) is 20.7 Å². The van der Waals surface area contributed by atoms with E-state index in [1.54, 1.807) is 30.3 Å². The van der Waals surface area contributed by atoms with Gasteiger partial charge < -0.3 is 15.2 Å². The molecule has 0 fully saturated rings. The average Bonchev–Trinajstić information content (AvgIpc) is 2.48. The van der Waals surface area contributed by atoms with Crippen LogP contribution in [-0.4, -0.2) is 24.1 Å². The summed E-state index contributed by atoms with van der Waals surface area (Å²) >= 11 is 3.29. The van der Waals surface area contributed by atoms with Gasteiger partial charge in [-0.1, -0.05) is 12.1 Å². The Morgan fingerprint density at radius 3 is 2.52 bits per heavy atom. The monoisotopic (exact) mass is 349 g/mol. The molecular weight excluding hydrogens is 338 g/mol. The van der Waals surface area contributed by atoms with Crippen molar-refractivity contribution in [3.05, 3.63) is 58.1 Å². The number of carboxylic acid groups (broad SMARTS) is 1. The molecule has 2 aromatic carbocycles. The highest BCUT2D eigenvalue weighted by atomic mass is 79.9. The van der Waals surface area contributed by atoms with Gasteiger partial charge in [0.05, 0.1) is 23.9 Å². The molecule has 0 unspecified atom stereocenters. The van der Waals surface area contributed by atoms with Crippen molar-refractivity contribution in [2.75, 3.05) is 12.4 Å². The lowest BCUT2D eigenvalue weighted by molar-refractivity contribution is 0.0698. The predicted octanol–water partition coefficient (Wildman–Crippen LogP) is 3.41. The molecule has 0 aliphatic rings. The molecule has 0 saturated carbocycles. The summed E-state index contributed by atoms with van der Waals surface area (Å²) in [4.78, 5) is 23.4. The molecule has 2 N–H and O–H groups in total. The Morgan fingerprint density at radius 2 is 1.86 bits per heavy atom. The Hall–Kier alpha value is -2.34. The van der Waals surface area contributed by atoms with E-state index in [0.29, 0.717) is 15.8 Å². The van der Waals surface area contributed by atoms with E-state index in [4.69, 9.17) is 9.84 Å². The highest BCUT2D eigenvalue weighted by molar-refractivity contribution is 9.10. The third-order valence-electron chi connectivity index (χ3n) is 2.82. The number of nitrogens with one attached hydrogen (secondary N) is 1. The highest BCUT2D eigenvalue weighted by Crippen LogP contribution is 2.24. The van der Waals surface area contributed by atoms with Gasteiger partial charge in [0.1, 0.15) is 5.75 Å². The van der Waals surface area contributed by atoms with Crippen LogP contribution in [0.4, 0.5) is 5.69 Å². The summed E-state index contributed by atoms with van der Waals surface area (Å²) in [5.41, 5.74) is 0.629. The van der Waals surface area contributed by atoms with E-state index >= 15 is 0 Å². The van der Waals surface area contributed by atoms with E-state index in [0.717, 1.165) is 0 Å². The standard InChI is InChI=1S/C15H12BrNO4/c1-21-9-6-7-12(16)11(8-9)14(18)17-13-5-3-2-4-10(13)15(19)20/h2-8H,1H3,(H,17,18)(H,19,20). The van der Waals surface area contributed by atoms with E-state index in [2.05, 4.69) is 21.2 Å². The molecule has 0 aliphatic heterocycles. The van der Waals surface area contributed by atoms with Crippen LogP contribution in [0.15, 0.2) is 46.9 Å². The number of amides is 1. The lowest BCUT2D eigenvalue weighted by Gasteiger charge is -2.10. The molecule has 0 spiro atoms. The van der Waals surface area contributed by atoms with Gasteiger partial charge in [-0.15, -0.1) is 0 Å². The number of benzene rings is 2. The third kappa shape index (κ3) is 3.41. The fraction of sp³-hybridized carbons (Fsp3) is 0.0667. The summed E-state index contributed by atoms with van der Waals surface area (Å²) in [5.74, 6) is -0.986. The minimum absolute atomic E-state index is 0.0323. The molecular formula is C15H12BrNO4. The maximum Gasteiger partial charge on any atom is 0.337 e. The first kappa shape index (κ1) is 15.1. The Kier molecular flexibility index (Phi) is 4.59. The van der Waals surface area contributed by atoms with Gasteiger partial charge >= 0.3 is 5.97 Å². The van der Waals surface area contributed by atoms with Gasteiger partial charge in [-0.25, -0.2) is 4.79 Å². The number of carbonyl (C=O) groups excluding carboxylic acids is 1. The van der Waals surface area contributed by atoms with E-state index in [-0.39, 0.29) is 11.3 Å². The number of hydrogen-bond acceptors (Lipinski definition) is 3. The van der Waals surface area contributed by atoms with Gasteiger partial charge in [0, 0.05) is 4.47 Å². The van der Waals surface area contributed by atoms with Gasteiger partial charge in [0.2, 0.25) is 0 Å². The van der Waals surface area contributed by atoms with Crippen LogP contribution in [-0.2, 0) is 0 Å². The van der Waals surface area contributed by atoms with Crippen molar-refractivity contribution < 1.29 is 19.4 Å². The maximum absolute atomic E-state index is 12.3. The molecule has 0 atom stereocenters. The van der Waals surface area contributed by atoms with E-state index in [9.17, 15) is 9.59 Å². The number of methoxy groups -OCH3 is 1. The summed E-state index contributed by atoms with van der Waals surface area (Å²) < 4.78 is 5.67. The number of hydrogen-bond donors (Lipinski definition) is 2. The summed E-state index contributed by atoms with van der Waals surface area (Å²) in [6, 6.07) is 11.2. The van der Waals surface area contributed by atoms with Crippen molar-refractivity contribution in [2.24, 2.45) is 0 Å². The fourth-order valence-electron chi connectivity index (χ4n) is 1.77. The van der Waals surface area contributed by atoms with Crippen LogP contribution in [0.3, 0.4) is 0 Å². The summed E-state index contributed by atoms with van der Waals surface area (Å²) in [6.07, 6.45) is 0. The van der Waals surface area contributed by atoms with Crippen LogP contribution >= 0.6 is 15.9 Å². The van der Waals surface area contributed by atoms with Crippen LogP contribution in [0.2, 0.25) is 0 Å². The minimum Gasteiger partial charge on any atom is -0.497 e. The number of rotatable bonds is 4. The van der Waals surface area contributed by atoms with E-state index in [1.807, 2.05) is 0 Å². The molecule has 1 amide bonds. The van der Waals surface area contributed by atoms with Crippen LogP contribution in [0.25, 0.3) is 0 Å². The predicted molar refractivity (Wildman–Crippen MR) is 82.0 cm³/mol. The second kappa shape index (κ2) is 6.41. The molecule has 5 nitrogen and oxygen atoms in total. The van der Waals surface area contributed by atoms with Gasteiger partial charge in [-0.05, 0) is 46.3 Å². The van der Waals surface area contributed by atoms with Crippen molar-refractivity contribution in [2.45, 2.75) is 0 Å².